The maximum Gasteiger partial charge on any atom is 0.168 e. The number of methoxy groups -OCH3 is 1. The second-order valence-electron chi connectivity index (χ2n) is 2.76. The normalized spacial score (nSPS) is 12.6. The predicted octanol–water partition coefficient (Wildman–Crippen LogP) is 0.965. The van der Waals surface area contributed by atoms with Crippen LogP contribution in [0, 0.1) is 11.6 Å². The monoisotopic (exact) mass is 203 g/mol. The first-order valence-electron chi connectivity index (χ1n) is 4.01. The van der Waals surface area contributed by atoms with Crippen LogP contribution in [0.2, 0.25) is 0 Å². The summed E-state index contributed by atoms with van der Waals surface area (Å²) in [5, 5.41) is 9.35. The zero-order valence-corrected chi connectivity index (χ0v) is 7.63. The van der Waals surface area contributed by atoms with Crippen molar-refractivity contribution >= 4 is 0 Å². The summed E-state index contributed by atoms with van der Waals surface area (Å²) in [5.74, 6) is -1.80. The first-order valence-corrected chi connectivity index (χ1v) is 4.01. The van der Waals surface area contributed by atoms with E-state index in [1.807, 2.05) is 0 Å². The van der Waals surface area contributed by atoms with Crippen molar-refractivity contribution in [3.63, 3.8) is 0 Å². The molecular weight excluding hydrogens is 192 g/mol. The lowest BCUT2D eigenvalue weighted by molar-refractivity contribution is 0.180. The molecular formula is C9H11F2NO2. The van der Waals surface area contributed by atoms with Gasteiger partial charge >= 0.3 is 0 Å². The van der Waals surface area contributed by atoms with Crippen LogP contribution in [0.3, 0.4) is 0 Å². The Balaban J connectivity index is 3.24. The molecule has 0 aliphatic heterocycles. The molecule has 0 fully saturated rings. The summed E-state index contributed by atoms with van der Waals surface area (Å²) in [7, 11) is 1.24. The number of hydrogen-bond donors (Lipinski definition) is 2. The van der Waals surface area contributed by atoms with Gasteiger partial charge in [0.05, 0.1) is 13.2 Å². The standard InChI is InChI=1S/C9H11F2NO2/c1-14-9-6(8(13)4-12)2-5(10)3-7(9)11/h2-3,8,13H,4,12H2,1H3. The van der Waals surface area contributed by atoms with Gasteiger partial charge in [-0.25, -0.2) is 8.78 Å². The second kappa shape index (κ2) is 4.34. The number of ether oxygens (including phenoxy) is 1. The Morgan fingerprint density at radius 1 is 1.50 bits per heavy atom. The molecule has 1 atom stereocenters. The highest BCUT2D eigenvalue weighted by molar-refractivity contribution is 5.37. The lowest BCUT2D eigenvalue weighted by Crippen LogP contribution is -2.13. The molecule has 0 heterocycles. The predicted molar refractivity (Wildman–Crippen MR) is 46.9 cm³/mol. The van der Waals surface area contributed by atoms with Crippen molar-refractivity contribution in [1.29, 1.82) is 0 Å². The zero-order chi connectivity index (χ0) is 10.7. The summed E-state index contributed by atoms with van der Waals surface area (Å²) < 4.78 is 30.6. The van der Waals surface area contributed by atoms with Crippen LogP contribution in [0.25, 0.3) is 0 Å². The van der Waals surface area contributed by atoms with E-state index in [1.54, 1.807) is 0 Å². The average Bonchev–Trinajstić information content (AvgIpc) is 2.15. The lowest BCUT2D eigenvalue weighted by atomic mass is 10.1. The maximum atomic E-state index is 13.1. The van der Waals surface area contributed by atoms with Gasteiger partial charge in [0.25, 0.3) is 0 Å². The first kappa shape index (κ1) is 10.9. The molecule has 0 aromatic heterocycles. The molecule has 0 amide bonds. The van der Waals surface area contributed by atoms with Crippen LogP contribution in [0.1, 0.15) is 11.7 Å². The van der Waals surface area contributed by atoms with Crippen LogP contribution in [-0.2, 0) is 0 Å². The van der Waals surface area contributed by atoms with Gasteiger partial charge in [0.15, 0.2) is 11.6 Å². The quantitative estimate of drug-likeness (QED) is 0.769. The molecule has 0 saturated heterocycles. The molecule has 1 aromatic carbocycles. The number of aliphatic hydroxyl groups is 1. The third-order valence-corrected chi connectivity index (χ3v) is 1.82. The van der Waals surface area contributed by atoms with Gasteiger partial charge in [0.1, 0.15) is 5.82 Å². The molecule has 0 radical (unpaired) electrons. The number of hydrogen-bond acceptors (Lipinski definition) is 3. The van der Waals surface area contributed by atoms with E-state index in [1.165, 1.54) is 7.11 Å². The first-order chi connectivity index (χ1) is 6.60. The molecule has 3 N–H and O–H groups in total. The van der Waals surface area contributed by atoms with Crippen LogP contribution in [0.15, 0.2) is 12.1 Å². The number of rotatable bonds is 3. The van der Waals surface area contributed by atoms with Gasteiger partial charge in [-0.1, -0.05) is 0 Å². The van der Waals surface area contributed by atoms with E-state index < -0.39 is 17.7 Å². The van der Waals surface area contributed by atoms with Crippen LogP contribution in [0.4, 0.5) is 8.78 Å². The minimum absolute atomic E-state index is 0.0208. The highest BCUT2D eigenvalue weighted by Crippen LogP contribution is 2.28. The number of halogens is 2. The summed E-state index contributed by atoms with van der Waals surface area (Å²) >= 11 is 0. The minimum Gasteiger partial charge on any atom is -0.493 e. The van der Waals surface area contributed by atoms with E-state index in [9.17, 15) is 13.9 Å². The van der Waals surface area contributed by atoms with E-state index in [4.69, 9.17) is 10.5 Å². The van der Waals surface area contributed by atoms with Gasteiger partial charge in [0.2, 0.25) is 0 Å². The second-order valence-corrected chi connectivity index (χ2v) is 2.76. The molecule has 1 unspecified atom stereocenters. The fourth-order valence-corrected chi connectivity index (χ4v) is 1.17. The van der Waals surface area contributed by atoms with Crippen LogP contribution < -0.4 is 10.5 Å². The molecule has 1 aromatic rings. The van der Waals surface area contributed by atoms with E-state index in [-0.39, 0.29) is 17.9 Å². The van der Waals surface area contributed by atoms with Gasteiger partial charge in [-0.05, 0) is 6.07 Å². The Morgan fingerprint density at radius 2 is 2.14 bits per heavy atom. The topological polar surface area (TPSA) is 55.5 Å². The largest absolute Gasteiger partial charge is 0.493 e. The zero-order valence-electron chi connectivity index (χ0n) is 7.63. The summed E-state index contributed by atoms with van der Waals surface area (Å²) in [5.41, 5.74) is 5.20. The smallest absolute Gasteiger partial charge is 0.168 e. The molecule has 78 valence electrons. The fourth-order valence-electron chi connectivity index (χ4n) is 1.17. The van der Waals surface area contributed by atoms with Gasteiger partial charge in [-0.3, -0.25) is 0 Å². The summed E-state index contributed by atoms with van der Waals surface area (Å²) in [6.45, 7) is -0.126. The molecule has 14 heavy (non-hydrogen) atoms. The van der Waals surface area contributed by atoms with Crippen molar-refractivity contribution in [3.05, 3.63) is 29.3 Å². The van der Waals surface area contributed by atoms with Crippen molar-refractivity contribution in [1.82, 2.24) is 0 Å². The van der Waals surface area contributed by atoms with Crippen molar-refractivity contribution in [2.45, 2.75) is 6.10 Å². The summed E-state index contributed by atoms with van der Waals surface area (Å²) in [6.07, 6.45) is -1.13. The molecule has 1 rings (SSSR count). The Bertz CT molecular complexity index is 331. The van der Waals surface area contributed by atoms with E-state index in [2.05, 4.69) is 0 Å². The van der Waals surface area contributed by atoms with Gasteiger partial charge in [-0.2, -0.15) is 0 Å². The van der Waals surface area contributed by atoms with Crippen LogP contribution in [-0.4, -0.2) is 18.8 Å². The SMILES string of the molecule is COc1c(F)cc(F)cc1C(O)CN. The summed E-state index contributed by atoms with van der Waals surface area (Å²) in [4.78, 5) is 0. The van der Waals surface area contributed by atoms with Crippen molar-refractivity contribution in [3.8, 4) is 5.75 Å². The molecule has 0 aliphatic rings. The molecule has 0 saturated carbocycles. The lowest BCUT2D eigenvalue weighted by Gasteiger charge is -2.13. The molecule has 0 spiro atoms. The Labute approximate surface area is 80.1 Å². The Morgan fingerprint density at radius 3 is 2.64 bits per heavy atom. The minimum atomic E-state index is -1.13. The van der Waals surface area contributed by atoms with Crippen LogP contribution in [0.5, 0.6) is 5.75 Å². The summed E-state index contributed by atoms with van der Waals surface area (Å²) in [6, 6.07) is 1.69. The van der Waals surface area contributed by atoms with Crippen molar-refractivity contribution in [2.75, 3.05) is 13.7 Å². The van der Waals surface area contributed by atoms with Crippen molar-refractivity contribution in [2.24, 2.45) is 5.73 Å². The Kier molecular flexibility index (Phi) is 3.38. The fraction of sp³-hybridized carbons (Fsp3) is 0.333. The highest BCUT2D eigenvalue weighted by atomic mass is 19.1. The molecule has 5 heteroatoms. The molecule has 0 aliphatic carbocycles. The third-order valence-electron chi connectivity index (χ3n) is 1.82. The van der Waals surface area contributed by atoms with Gasteiger partial charge in [0, 0.05) is 18.2 Å². The van der Waals surface area contributed by atoms with E-state index >= 15 is 0 Å². The maximum absolute atomic E-state index is 13.1. The number of benzene rings is 1. The van der Waals surface area contributed by atoms with E-state index in [0.717, 1.165) is 6.07 Å². The average molecular weight is 203 g/mol. The molecule has 3 nitrogen and oxygen atoms in total. The van der Waals surface area contributed by atoms with Crippen LogP contribution >= 0.6 is 0 Å². The third kappa shape index (κ3) is 2.00. The highest BCUT2D eigenvalue weighted by Gasteiger charge is 2.17. The number of aliphatic hydroxyl groups excluding tert-OH is 1. The Hall–Kier alpha value is -1.20. The van der Waals surface area contributed by atoms with Gasteiger partial charge < -0.3 is 15.6 Å². The van der Waals surface area contributed by atoms with Gasteiger partial charge in [-0.15, -0.1) is 0 Å². The van der Waals surface area contributed by atoms with E-state index in [0.29, 0.717) is 6.07 Å². The number of nitrogens with two attached hydrogens (primary N) is 1. The molecule has 0 bridgehead atoms. The van der Waals surface area contributed by atoms with Crippen molar-refractivity contribution < 1.29 is 18.6 Å².